The summed E-state index contributed by atoms with van der Waals surface area (Å²) >= 11 is 0. The molecule has 9 rings (SSSR count). The van der Waals surface area contributed by atoms with E-state index < -0.39 is 41.1 Å². The molecular formula is C46H29NNa4O11S2. The first-order chi connectivity index (χ1) is 28.8. The van der Waals surface area contributed by atoms with Gasteiger partial charge in [-0.1, -0.05) is 43.7 Å². The van der Waals surface area contributed by atoms with Gasteiger partial charge in [-0.3, -0.25) is 14.2 Å². The van der Waals surface area contributed by atoms with E-state index in [1.54, 1.807) is 48.5 Å². The smallest absolute Gasteiger partial charge is 0.744 e. The molecule has 7 aromatic carbocycles. The van der Waals surface area contributed by atoms with E-state index in [2.05, 4.69) is 12.1 Å². The van der Waals surface area contributed by atoms with Crippen molar-refractivity contribution >= 4 is 63.7 Å². The molecule has 0 aliphatic rings. The summed E-state index contributed by atoms with van der Waals surface area (Å²) in [5, 5.41) is 2.09. The van der Waals surface area contributed by atoms with Crippen LogP contribution in [-0.4, -0.2) is 30.5 Å². The molecule has 0 atom stereocenters. The Kier molecular flexibility index (Phi) is 17.1. The summed E-state index contributed by atoms with van der Waals surface area (Å²) in [5.41, 5.74) is 1.20. The number of rotatable bonds is 11. The van der Waals surface area contributed by atoms with Crippen molar-refractivity contribution in [2.24, 2.45) is 0 Å². The summed E-state index contributed by atoms with van der Waals surface area (Å²) in [6.45, 7) is 2.08. The molecule has 0 saturated carbocycles. The van der Waals surface area contributed by atoms with E-state index in [4.69, 9.17) is 13.9 Å². The van der Waals surface area contributed by atoms with Crippen LogP contribution in [0.15, 0.2) is 145 Å². The number of nitrogens with zero attached hydrogens (tertiary/aromatic N) is 1. The number of fused-ring (bicyclic) bond motifs is 2. The second-order valence-corrected chi connectivity index (χ2v) is 16.8. The SMILES string of the molecule is CCCCn1c(=O)c2cc(Oc3ccc(S(=O)(=O)[O-])cc3-c3ccc(S(=O)(=O)[O-])cc3)c3oc4ccccc4c4c(Oc5cc[c-]cc5-c5cc[c-]cc5)cc(c1=O)c2c34.[Na+].[Na+].[Na+].[Na+]. The van der Waals surface area contributed by atoms with Gasteiger partial charge in [0.05, 0.1) is 20.6 Å². The Morgan fingerprint density at radius 2 is 1.17 bits per heavy atom. The van der Waals surface area contributed by atoms with Gasteiger partial charge in [-0.25, -0.2) is 16.8 Å². The van der Waals surface area contributed by atoms with Crippen LogP contribution in [0, 0.1) is 12.1 Å². The molecule has 12 nitrogen and oxygen atoms in total. The average molecular weight is 928 g/mol. The first-order valence-electron chi connectivity index (χ1n) is 18.6. The van der Waals surface area contributed by atoms with Gasteiger partial charge in [0, 0.05) is 39.4 Å². The van der Waals surface area contributed by atoms with Crippen molar-refractivity contribution in [2.45, 2.75) is 36.1 Å². The fourth-order valence-corrected chi connectivity index (χ4v) is 8.47. The van der Waals surface area contributed by atoms with E-state index in [0.29, 0.717) is 51.3 Å². The first kappa shape index (κ1) is 52.1. The minimum atomic E-state index is -4.99. The molecule has 0 aliphatic heterocycles. The topological polar surface area (TPSA) is 185 Å². The van der Waals surface area contributed by atoms with Crippen molar-refractivity contribution in [2.75, 3.05) is 0 Å². The molecule has 9 aromatic rings. The van der Waals surface area contributed by atoms with Gasteiger partial charge in [-0.05, 0) is 60.5 Å². The molecule has 0 bridgehead atoms. The third kappa shape index (κ3) is 9.90. The molecule has 0 spiro atoms. The van der Waals surface area contributed by atoms with Crippen LogP contribution in [0.25, 0.3) is 65.7 Å². The van der Waals surface area contributed by atoms with Gasteiger partial charge in [0.15, 0.2) is 11.3 Å². The Morgan fingerprint density at radius 3 is 1.83 bits per heavy atom. The average Bonchev–Trinajstić information content (AvgIpc) is 3.24. The Balaban J connectivity index is 0.00000193. The number of pyridine rings is 1. The molecule has 0 fully saturated rings. The molecular weight excluding hydrogens is 899 g/mol. The quantitative estimate of drug-likeness (QED) is 0.0424. The summed E-state index contributed by atoms with van der Waals surface area (Å²) in [7, 11) is -9.81. The van der Waals surface area contributed by atoms with Crippen molar-refractivity contribution in [1.82, 2.24) is 4.57 Å². The van der Waals surface area contributed by atoms with Crippen LogP contribution in [0.4, 0.5) is 0 Å². The fraction of sp³-hybridized carbons (Fsp3) is 0.0870. The van der Waals surface area contributed by atoms with Gasteiger partial charge in [0.1, 0.15) is 37.3 Å². The summed E-state index contributed by atoms with van der Waals surface area (Å²) in [6.07, 6.45) is 1.24. The Hall–Kier alpha value is -2.84. The molecule has 0 saturated heterocycles. The summed E-state index contributed by atoms with van der Waals surface area (Å²) in [6, 6.07) is 37.0. The minimum Gasteiger partial charge on any atom is -0.744 e. The summed E-state index contributed by atoms with van der Waals surface area (Å²) in [4.78, 5) is 27.7. The molecule has 18 heteroatoms. The Labute approximate surface area is 456 Å². The van der Waals surface area contributed by atoms with E-state index in [0.717, 1.165) is 29.8 Å². The van der Waals surface area contributed by atoms with Gasteiger partial charge < -0.3 is 23.0 Å². The van der Waals surface area contributed by atoms with E-state index >= 15 is 0 Å². The van der Waals surface area contributed by atoms with Gasteiger partial charge in [-0.15, -0.1) is 11.6 Å². The number of unbranched alkanes of at least 4 members (excludes halogenated alkanes) is 1. The number of hydrogen-bond donors (Lipinski definition) is 0. The van der Waals surface area contributed by atoms with Gasteiger partial charge in [0.2, 0.25) is 0 Å². The van der Waals surface area contributed by atoms with Crippen molar-refractivity contribution < 1.29 is 158 Å². The molecule has 64 heavy (non-hydrogen) atoms. The largest absolute Gasteiger partial charge is 1.00 e. The molecule has 0 amide bonds. The molecule has 0 radical (unpaired) electrons. The minimum absolute atomic E-state index is 0. The van der Waals surface area contributed by atoms with Gasteiger partial charge in [0.25, 0.3) is 11.1 Å². The van der Waals surface area contributed by atoms with E-state index in [9.17, 15) is 35.5 Å². The van der Waals surface area contributed by atoms with Crippen molar-refractivity contribution in [3.63, 3.8) is 0 Å². The van der Waals surface area contributed by atoms with Crippen LogP contribution < -0.4 is 139 Å². The molecule has 2 heterocycles. The maximum atomic E-state index is 14.4. The Bertz CT molecular complexity index is 3530. The van der Waals surface area contributed by atoms with E-state index in [1.165, 1.54) is 28.8 Å². The van der Waals surface area contributed by atoms with Crippen LogP contribution in [0.5, 0.6) is 23.0 Å². The second-order valence-electron chi connectivity index (χ2n) is 14.0. The summed E-state index contributed by atoms with van der Waals surface area (Å²) in [5.74, 6) is 0.705. The van der Waals surface area contributed by atoms with Gasteiger partial charge in [-0.2, -0.15) is 54.1 Å². The Morgan fingerprint density at radius 1 is 0.594 bits per heavy atom. The molecule has 2 aromatic heterocycles. The normalized spacial score (nSPS) is 11.4. The molecule has 0 aliphatic carbocycles. The number of ether oxygens (including phenoxy) is 2. The number of benzene rings is 7. The van der Waals surface area contributed by atoms with Crippen molar-refractivity contribution in [1.29, 1.82) is 0 Å². The predicted octanol–water partition coefficient (Wildman–Crippen LogP) is -3.00. The number of aromatic nitrogens is 1. The maximum Gasteiger partial charge on any atom is 1.00 e. The van der Waals surface area contributed by atoms with Crippen LogP contribution in [0.3, 0.4) is 0 Å². The first-order valence-corrected chi connectivity index (χ1v) is 21.4. The third-order valence-electron chi connectivity index (χ3n) is 10.3. The second kappa shape index (κ2) is 21.0. The monoisotopic (exact) mass is 927 g/mol. The van der Waals surface area contributed by atoms with Crippen LogP contribution in [0.1, 0.15) is 19.8 Å². The number of para-hydroxylation sites is 1. The van der Waals surface area contributed by atoms with Crippen LogP contribution >= 0.6 is 0 Å². The molecule has 300 valence electrons. The zero-order valence-corrected chi connectivity index (χ0v) is 45.1. The fourth-order valence-electron chi connectivity index (χ4n) is 7.51. The standard InChI is InChI=1S/C46H31NO11S2.4Na/c1-2-3-23-47-45(48)34-25-39(56-36-15-9-7-13-31(36)27-11-5-4-6-12-27)42-32-14-8-10-16-37(32)58-44-40(26-35(46(47)49)41(34)43(42)44)57-38-22-21-30(60(53,54)55)24-33(38)28-17-19-29(20-18-28)59(50,51)52;;;;/h5-6,8-22,24-26H,2-3,23H2,1H3,(H,50,51,52)(H,53,54,55);;;;/q-2;4*+1/p-2. The maximum absolute atomic E-state index is 14.4. The molecule has 0 unspecified atom stereocenters. The molecule has 0 N–H and O–H groups in total. The van der Waals surface area contributed by atoms with Crippen LogP contribution in [-0.2, 0) is 26.8 Å². The number of hydrogen-bond acceptors (Lipinski definition) is 11. The van der Waals surface area contributed by atoms with Crippen molar-refractivity contribution in [3.8, 4) is 45.3 Å². The van der Waals surface area contributed by atoms with Gasteiger partial charge >= 0.3 is 118 Å². The van der Waals surface area contributed by atoms with E-state index in [-0.39, 0.29) is 170 Å². The predicted molar refractivity (Wildman–Crippen MR) is 223 cm³/mol. The van der Waals surface area contributed by atoms with Crippen LogP contribution in [0.2, 0.25) is 0 Å². The summed E-state index contributed by atoms with van der Waals surface area (Å²) < 4.78 is 93.0. The zero-order chi connectivity index (χ0) is 41.9. The third-order valence-corrected chi connectivity index (χ3v) is 12.0. The van der Waals surface area contributed by atoms with Crippen molar-refractivity contribution in [3.05, 3.63) is 154 Å². The zero-order valence-electron chi connectivity index (χ0n) is 35.4. The van der Waals surface area contributed by atoms with E-state index in [1.807, 2.05) is 31.2 Å².